The van der Waals surface area contributed by atoms with Gasteiger partial charge < -0.3 is 4.90 Å². The lowest BCUT2D eigenvalue weighted by molar-refractivity contribution is 0.897. The summed E-state index contributed by atoms with van der Waals surface area (Å²) >= 11 is 1.47. The zero-order valence-corrected chi connectivity index (χ0v) is 11.1. The number of thiazole rings is 1. The molecule has 2 rings (SSSR count). The molecule has 0 unspecified atom stereocenters. The summed E-state index contributed by atoms with van der Waals surface area (Å²) in [6.45, 7) is 4.79. The minimum atomic E-state index is 0.674. The first-order valence-electron chi connectivity index (χ1n) is 5.71. The van der Waals surface area contributed by atoms with Crippen molar-refractivity contribution in [2.75, 3.05) is 18.5 Å². The van der Waals surface area contributed by atoms with Crippen molar-refractivity contribution >= 4 is 27.8 Å². The molecule has 93 valence electrons. The van der Waals surface area contributed by atoms with Gasteiger partial charge in [-0.2, -0.15) is 0 Å². The number of azo groups is 1. The van der Waals surface area contributed by atoms with Crippen LogP contribution in [-0.4, -0.2) is 18.6 Å². The fourth-order valence-corrected chi connectivity index (χ4v) is 1.96. The van der Waals surface area contributed by atoms with Gasteiger partial charge in [0, 0.05) is 30.9 Å². The largest absolute Gasteiger partial charge is 0.375 e. The first kappa shape index (κ1) is 12.7. The molecule has 4 nitrogen and oxygen atoms in total. The van der Waals surface area contributed by atoms with Crippen molar-refractivity contribution in [1.29, 1.82) is 0 Å². The van der Waals surface area contributed by atoms with Crippen molar-refractivity contribution < 1.29 is 0 Å². The molecule has 2 aromatic rings. The lowest BCUT2D eigenvalue weighted by atomic mass is 10.2. The van der Waals surface area contributed by atoms with E-state index >= 15 is 0 Å². The minimum Gasteiger partial charge on any atom is -0.375 e. The van der Waals surface area contributed by atoms with Crippen molar-refractivity contribution in [3.63, 3.8) is 0 Å². The molecule has 0 atom stereocenters. The Morgan fingerprint density at radius 3 is 2.67 bits per heavy atom. The molecule has 0 aliphatic rings. The Morgan fingerprint density at radius 1 is 1.28 bits per heavy atom. The molecule has 1 heterocycles. The number of anilines is 1. The summed E-state index contributed by atoms with van der Waals surface area (Å²) in [6.07, 6.45) is 2.61. The standard InChI is InChI=1S/C13H15N4S/c1-3-9-17(2)12-6-4-11(5-7-12)15-16-13-14-8-10-18-13/h4-8,10H,1,3,9H2,2H3. The number of benzene rings is 1. The molecule has 0 N–H and O–H groups in total. The molecular formula is C13H15N4S. The first-order chi connectivity index (χ1) is 8.79. The predicted molar refractivity (Wildman–Crippen MR) is 76.0 cm³/mol. The van der Waals surface area contributed by atoms with E-state index in [1.165, 1.54) is 11.3 Å². The summed E-state index contributed by atoms with van der Waals surface area (Å²) in [5, 5.41) is 10.7. The van der Waals surface area contributed by atoms with Gasteiger partial charge in [-0.15, -0.1) is 21.6 Å². The summed E-state index contributed by atoms with van der Waals surface area (Å²) in [7, 11) is 2.05. The molecule has 0 bridgehead atoms. The molecule has 18 heavy (non-hydrogen) atoms. The molecule has 0 spiro atoms. The van der Waals surface area contributed by atoms with Crippen molar-refractivity contribution in [3.8, 4) is 0 Å². The zero-order chi connectivity index (χ0) is 12.8. The third-order valence-electron chi connectivity index (χ3n) is 2.45. The fraction of sp³-hybridized carbons (Fsp3) is 0.231. The van der Waals surface area contributed by atoms with E-state index < -0.39 is 0 Å². The summed E-state index contributed by atoms with van der Waals surface area (Å²) in [5.74, 6) is 0. The highest BCUT2D eigenvalue weighted by molar-refractivity contribution is 7.13. The monoisotopic (exact) mass is 259 g/mol. The molecule has 0 aliphatic heterocycles. The van der Waals surface area contributed by atoms with Crippen LogP contribution in [0.4, 0.5) is 16.5 Å². The lowest BCUT2D eigenvalue weighted by Crippen LogP contribution is -2.17. The molecule has 1 aromatic carbocycles. The highest BCUT2D eigenvalue weighted by Gasteiger charge is 1.99. The van der Waals surface area contributed by atoms with Crippen LogP contribution in [-0.2, 0) is 0 Å². The smallest absolute Gasteiger partial charge is 0.229 e. The highest BCUT2D eigenvalue weighted by atomic mass is 32.1. The number of nitrogens with zero attached hydrogens (tertiary/aromatic N) is 4. The van der Waals surface area contributed by atoms with Crippen LogP contribution in [0.25, 0.3) is 0 Å². The Kier molecular flexibility index (Phi) is 4.41. The number of aromatic nitrogens is 1. The Labute approximate surface area is 111 Å². The minimum absolute atomic E-state index is 0.674. The third-order valence-corrected chi connectivity index (χ3v) is 3.11. The van der Waals surface area contributed by atoms with E-state index in [-0.39, 0.29) is 0 Å². The number of hydrogen-bond acceptors (Lipinski definition) is 5. The maximum Gasteiger partial charge on any atom is 0.229 e. The number of rotatable bonds is 5. The maximum atomic E-state index is 4.14. The Hall–Kier alpha value is -1.75. The van der Waals surface area contributed by atoms with Crippen LogP contribution in [0.1, 0.15) is 6.42 Å². The normalized spacial score (nSPS) is 11.0. The first-order valence-corrected chi connectivity index (χ1v) is 6.59. The quantitative estimate of drug-likeness (QED) is 0.754. The average Bonchev–Trinajstić information content (AvgIpc) is 2.90. The summed E-state index contributed by atoms with van der Waals surface area (Å²) in [5.41, 5.74) is 1.99. The summed E-state index contributed by atoms with van der Waals surface area (Å²) in [4.78, 5) is 6.21. The van der Waals surface area contributed by atoms with E-state index in [1.807, 2.05) is 29.6 Å². The summed E-state index contributed by atoms with van der Waals surface area (Å²) in [6, 6.07) is 7.97. The van der Waals surface area contributed by atoms with Gasteiger partial charge in [0.25, 0.3) is 0 Å². The third kappa shape index (κ3) is 3.37. The van der Waals surface area contributed by atoms with E-state index in [1.54, 1.807) is 6.20 Å². The van der Waals surface area contributed by atoms with Crippen molar-refractivity contribution in [3.05, 3.63) is 42.8 Å². The fourth-order valence-electron chi connectivity index (χ4n) is 1.51. The van der Waals surface area contributed by atoms with Crippen molar-refractivity contribution in [2.45, 2.75) is 6.42 Å². The van der Waals surface area contributed by atoms with Crippen LogP contribution in [0.2, 0.25) is 0 Å². The molecule has 0 saturated carbocycles. The molecule has 0 saturated heterocycles. The van der Waals surface area contributed by atoms with Crippen LogP contribution in [0.5, 0.6) is 0 Å². The molecule has 1 aromatic heterocycles. The topological polar surface area (TPSA) is 40.9 Å². The molecule has 5 heteroatoms. The second-order valence-corrected chi connectivity index (χ2v) is 4.68. The van der Waals surface area contributed by atoms with Crippen LogP contribution in [0, 0.1) is 6.92 Å². The van der Waals surface area contributed by atoms with Gasteiger partial charge in [-0.05, 0) is 30.7 Å². The Morgan fingerprint density at radius 2 is 2.06 bits per heavy atom. The van der Waals surface area contributed by atoms with E-state index in [0.717, 1.165) is 24.3 Å². The SMILES string of the molecule is [CH2]CCN(C)c1ccc(N=Nc2nccs2)cc1. The molecule has 0 fully saturated rings. The lowest BCUT2D eigenvalue weighted by Gasteiger charge is -2.17. The van der Waals surface area contributed by atoms with Gasteiger partial charge >= 0.3 is 0 Å². The van der Waals surface area contributed by atoms with Crippen molar-refractivity contribution in [1.82, 2.24) is 4.98 Å². The molecular weight excluding hydrogens is 244 g/mol. The van der Waals surface area contributed by atoms with E-state index in [2.05, 4.69) is 34.1 Å². The Balaban J connectivity index is 2.03. The maximum absolute atomic E-state index is 4.14. The van der Waals surface area contributed by atoms with Gasteiger partial charge in [0.1, 0.15) is 0 Å². The molecule has 0 aliphatic carbocycles. The van der Waals surface area contributed by atoms with Gasteiger partial charge in [-0.3, -0.25) is 0 Å². The second kappa shape index (κ2) is 6.26. The average molecular weight is 259 g/mol. The predicted octanol–water partition coefficient (Wildman–Crippen LogP) is 4.22. The van der Waals surface area contributed by atoms with Gasteiger partial charge in [0.05, 0.1) is 5.69 Å². The Bertz CT molecular complexity index is 490. The van der Waals surface area contributed by atoms with Crippen LogP contribution in [0.3, 0.4) is 0 Å². The molecule has 1 radical (unpaired) electrons. The van der Waals surface area contributed by atoms with Crippen LogP contribution in [0.15, 0.2) is 46.1 Å². The number of hydrogen-bond donors (Lipinski definition) is 0. The van der Waals surface area contributed by atoms with Gasteiger partial charge in [0.2, 0.25) is 5.13 Å². The van der Waals surface area contributed by atoms with E-state index in [4.69, 9.17) is 0 Å². The van der Waals surface area contributed by atoms with Gasteiger partial charge in [-0.1, -0.05) is 6.92 Å². The van der Waals surface area contributed by atoms with Crippen molar-refractivity contribution in [2.24, 2.45) is 10.2 Å². The van der Waals surface area contributed by atoms with E-state index in [0.29, 0.717) is 5.13 Å². The van der Waals surface area contributed by atoms with Crippen LogP contribution >= 0.6 is 11.3 Å². The van der Waals surface area contributed by atoms with Gasteiger partial charge in [0.15, 0.2) is 0 Å². The second-order valence-electron chi connectivity index (χ2n) is 3.81. The van der Waals surface area contributed by atoms with Crippen LogP contribution < -0.4 is 4.90 Å². The zero-order valence-electron chi connectivity index (χ0n) is 10.3. The van der Waals surface area contributed by atoms with Gasteiger partial charge in [-0.25, -0.2) is 4.98 Å². The summed E-state index contributed by atoms with van der Waals surface area (Å²) < 4.78 is 0. The van der Waals surface area contributed by atoms with E-state index in [9.17, 15) is 0 Å². The molecule has 0 amide bonds. The highest BCUT2D eigenvalue weighted by Crippen LogP contribution is 2.22.